The van der Waals surface area contributed by atoms with Crippen molar-refractivity contribution < 1.29 is 24.3 Å². The van der Waals surface area contributed by atoms with Gasteiger partial charge in [-0.1, -0.05) is 5.16 Å². The first kappa shape index (κ1) is 13.7. The van der Waals surface area contributed by atoms with E-state index >= 15 is 0 Å². The Morgan fingerprint density at radius 2 is 1.89 bits per heavy atom. The molecule has 6 heteroatoms. The molecule has 1 N–H and O–H groups in total. The van der Waals surface area contributed by atoms with Gasteiger partial charge in [-0.05, 0) is 31.2 Å². The second-order valence-electron chi connectivity index (χ2n) is 3.23. The summed E-state index contributed by atoms with van der Waals surface area (Å²) in [6, 6.07) is 6.05. The third kappa shape index (κ3) is 3.07. The first-order valence-electron chi connectivity index (χ1n) is 5.22. The number of benzene rings is 1. The SMILES string of the molecule is CCOC(=O)C(=NO)C(=O)c1ccc(OC)cc1. The second kappa shape index (κ2) is 6.39. The summed E-state index contributed by atoms with van der Waals surface area (Å²) in [5, 5.41) is 11.4. The fourth-order valence-electron chi connectivity index (χ4n) is 1.26. The Kier molecular flexibility index (Phi) is 4.86. The van der Waals surface area contributed by atoms with E-state index in [0.717, 1.165) is 0 Å². The molecule has 0 amide bonds. The zero-order valence-corrected chi connectivity index (χ0v) is 10.0. The predicted molar refractivity (Wildman–Crippen MR) is 63.2 cm³/mol. The zero-order valence-electron chi connectivity index (χ0n) is 10.0. The summed E-state index contributed by atoms with van der Waals surface area (Å²) < 4.78 is 9.55. The number of rotatable bonds is 5. The van der Waals surface area contributed by atoms with E-state index in [1.54, 1.807) is 19.1 Å². The molecule has 0 fully saturated rings. The van der Waals surface area contributed by atoms with Crippen molar-refractivity contribution in [1.82, 2.24) is 0 Å². The van der Waals surface area contributed by atoms with Crippen LogP contribution in [-0.2, 0) is 9.53 Å². The largest absolute Gasteiger partial charge is 0.497 e. The van der Waals surface area contributed by atoms with Gasteiger partial charge in [0.25, 0.3) is 0 Å². The Bertz CT molecular complexity index is 464. The van der Waals surface area contributed by atoms with Crippen molar-refractivity contribution in [2.75, 3.05) is 13.7 Å². The van der Waals surface area contributed by atoms with Crippen molar-refractivity contribution in [1.29, 1.82) is 0 Å². The van der Waals surface area contributed by atoms with Crippen molar-refractivity contribution in [3.63, 3.8) is 0 Å². The lowest BCUT2D eigenvalue weighted by atomic mass is 10.1. The monoisotopic (exact) mass is 251 g/mol. The van der Waals surface area contributed by atoms with Crippen LogP contribution in [0.1, 0.15) is 17.3 Å². The highest BCUT2D eigenvalue weighted by molar-refractivity contribution is 6.67. The van der Waals surface area contributed by atoms with Gasteiger partial charge in [-0.15, -0.1) is 0 Å². The standard InChI is InChI=1S/C12H13NO5/c1-3-18-12(15)10(13-16)11(14)8-4-6-9(17-2)7-5-8/h4-7,16H,3H2,1-2H3. The quantitative estimate of drug-likeness (QED) is 0.213. The topological polar surface area (TPSA) is 85.2 Å². The van der Waals surface area contributed by atoms with Crippen LogP contribution >= 0.6 is 0 Å². The highest BCUT2D eigenvalue weighted by Crippen LogP contribution is 2.12. The van der Waals surface area contributed by atoms with E-state index in [-0.39, 0.29) is 12.2 Å². The third-order valence-corrected chi connectivity index (χ3v) is 2.14. The molecule has 1 aromatic rings. The minimum absolute atomic E-state index is 0.0910. The number of ether oxygens (including phenoxy) is 2. The van der Waals surface area contributed by atoms with Gasteiger partial charge in [0, 0.05) is 5.56 Å². The van der Waals surface area contributed by atoms with Crippen LogP contribution in [0.3, 0.4) is 0 Å². The average molecular weight is 251 g/mol. The van der Waals surface area contributed by atoms with Crippen LogP contribution in [0.5, 0.6) is 5.75 Å². The van der Waals surface area contributed by atoms with Gasteiger partial charge in [0.2, 0.25) is 11.5 Å². The zero-order chi connectivity index (χ0) is 13.5. The van der Waals surface area contributed by atoms with E-state index in [4.69, 9.17) is 9.94 Å². The molecule has 6 nitrogen and oxygen atoms in total. The number of Topliss-reactive ketones (excluding diaryl/α,β-unsaturated/α-hetero) is 1. The molecule has 96 valence electrons. The van der Waals surface area contributed by atoms with Crippen LogP contribution in [0.4, 0.5) is 0 Å². The van der Waals surface area contributed by atoms with Gasteiger partial charge in [0.1, 0.15) is 5.75 Å². The molecular formula is C12H13NO5. The van der Waals surface area contributed by atoms with Crippen molar-refractivity contribution in [2.45, 2.75) is 6.92 Å². The number of methoxy groups -OCH3 is 1. The molecule has 0 radical (unpaired) electrons. The smallest absolute Gasteiger partial charge is 0.364 e. The second-order valence-corrected chi connectivity index (χ2v) is 3.23. The molecule has 1 rings (SSSR count). The van der Waals surface area contributed by atoms with E-state index in [9.17, 15) is 9.59 Å². The Labute approximate surface area is 104 Å². The first-order chi connectivity index (χ1) is 8.63. The molecule has 0 atom stereocenters. The molecule has 0 spiro atoms. The minimum atomic E-state index is -0.958. The lowest BCUT2D eigenvalue weighted by Crippen LogP contribution is -2.26. The molecule has 0 bridgehead atoms. The summed E-state index contributed by atoms with van der Waals surface area (Å²) in [5.41, 5.74) is -0.446. The number of hydrogen-bond donors (Lipinski definition) is 1. The number of esters is 1. The van der Waals surface area contributed by atoms with Gasteiger partial charge in [0.15, 0.2) is 0 Å². The molecule has 0 saturated heterocycles. The molecule has 18 heavy (non-hydrogen) atoms. The molecule has 0 aliphatic heterocycles. The summed E-state index contributed by atoms with van der Waals surface area (Å²) >= 11 is 0. The number of oxime groups is 1. The molecular weight excluding hydrogens is 238 g/mol. The van der Waals surface area contributed by atoms with E-state index in [2.05, 4.69) is 9.89 Å². The van der Waals surface area contributed by atoms with E-state index in [1.165, 1.54) is 19.2 Å². The summed E-state index contributed by atoms with van der Waals surface area (Å²) in [7, 11) is 1.50. The fourth-order valence-corrected chi connectivity index (χ4v) is 1.26. The van der Waals surface area contributed by atoms with Crippen LogP contribution in [0.15, 0.2) is 29.4 Å². The van der Waals surface area contributed by atoms with E-state index in [0.29, 0.717) is 5.75 Å². The molecule has 0 saturated carbocycles. The van der Waals surface area contributed by atoms with E-state index in [1.807, 2.05) is 0 Å². The Morgan fingerprint density at radius 1 is 1.28 bits per heavy atom. The summed E-state index contributed by atoms with van der Waals surface area (Å²) in [6.07, 6.45) is 0. The molecule has 0 heterocycles. The van der Waals surface area contributed by atoms with E-state index < -0.39 is 17.5 Å². The van der Waals surface area contributed by atoms with Crippen molar-refractivity contribution in [3.05, 3.63) is 29.8 Å². The normalized spacial score (nSPS) is 10.9. The fraction of sp³-hybridized carbons (Fsp3) is 0.250. The van der Waals surface area contributed by atoms with Crippen molar-refractivity contribution in [3.8, 4) is 5.75 Å². The summed E-state index contributed by atoms with van der Waals surface area (Å²) in [4.78, 5) is 23.2. The average Bonchev–Trinajstić information content (AvgIpc) is 2.40. The van der Waals surface area contributed by atoms with Gasteiger partial charge in [-0.25, -0.2) is 4.79 Å². The minimum Gasteiger partial charge on any atom is -0.497 e. The Morgan fingerprint density at radius 3 is 2.33 bits per heavy atom. The molecule has 0 aliphatic rings. The number of ketones is 1. The maximum Gasteiger partial charge on any atom is 0.364 e. The lowest BCUT2D eigenvalue weighted by molar-refractivity contribution is -0.135. The van der Waals surface area contributed by atoms with Gasteiger partial charge < -0.3 is 14.7 Å². The van der Waals surface area contributed by atoms with Gasteiger partial charge in [0.05, 0.1) is 13.7 Å². The van der Waals surface area contributed by atoms with Gasteiger partial charge in [-0.3, -0.25) is 4.79 Å². The van der Waals surface area contributed by atoms with Crippen molar-refractivity contribution >= 4 is 17.5 Å². The number of carbonyl (C=O) groups excluding carboxylic acids is 2. The number of hydrogen-bond acceptors (Lipinski definition) is 6. The van der Waals surface area contributed by atoms with Crippen LogP contribution < -0.4 is 4.74 Å². The maximum atomic E-state index is 11.9. The van der Waals surface area contributed by atoms with Crippen LogP contribution in [-0.4, -0.2) is 36.4 Å². The van der Waals surface area contributed by atoms with Crippen LogP contribution in [0.25, 0.3) is 0 Å². The predicted octanol–water partition coefficient (Wildman–Crippen LogP) is 1.27. The highest BCUT2D eigenvalue weighted by Gasteiger charge is 2.23. The van der Waals surface area contributed by atoms with Gasteiger partial charge >= 0.3 is 5.97 Å². The van der Waals surface area contributed by atoms with Crippen molar-refractivity contribution in [2.24, 2.45) is 5.16 Å². The molecule has 0 unspecified atom stereocenters. The Hall–Kier alpha value is -2.37. The lowest BCUT2D eigenvalue weighted by Gasteiger charge is -2.04. The molecule has 0 aliphatic carbocycles. The highest BCUT2D eigenvalue weighted by atomic mass is 16.5. The molecule has 1 aromatic carbocycles. The third-order valence-electron chi connectivity index (χ3n) is 2.14. The number of carbonyl (C=O) groups is 2. The first-order valence-corrected chi connectivity index (χ1v) is 5.22. The Balaban J connectivity index is 2.93. The summed E-state index contributed by atoms with van der Waals surface area (Å²) in [6.45, 7) is 1.68. The van der Waals surface area contributed by atoms with Gasteiger partial charge in [-0.2, -0.15) is 0 Å². The molecule has 0 aromatic heterocycles. The summed E-state index contributed by atoms with van der Waals surface area (Å²) in [5.74, 6) is -1.09. The van der Waals surface area contributed by atoms with Crippen LogP contribution in [0, 0.1) is 0 Å². The maximum absolute atomic E-state index is 11.9. The van der Waals surface area contributed by atoms with Crippen LogP contribution in [0.2, 0.25) is 0 Å². The number of nitrogens with zero attached hydrogens (tertiary/aromatic N) is 1.